The van der Waals surface area contributed by atoms with Gasteiger partial charge >= 0.3 is 0 Å². The van der Waals surface area contributed by atoms with Gasteiger partial charge in [-0.25, -0.2) is 0 Å². The molecule has 5 rings (SSSR count). The molecule has 1 aromatic heterocycles. The van der Waals surface area contributed by atoms with E-state index in [2.05, 4.69) is 6.08 Å². The third-order valence-corrected chi connectivity index (χ3v) is 9.37. The van der Waals surface area contributed by atoms with E-state index in [0.717, 1.165) is 37.9 Å². The molecular weight excluding hydrogens is 522 g/mol. The number of aromatic hydroxyl groups is 1. The van der Waals surface area contributed by atoms with Crippen molar-refractivity contribution in [1.82, 2.24) is 4.90 Å². The van der Waals surface area contributed by atoms with Crippen LogP contribution >= 0.6 is 11.3 Å². The molecule has 2 aliphatic rings. The summed E-state index contributed by atoms with van der Waals surface area (Å²) in [7, 11) is 0. The maximum Gasteiger partial charge on any atom is 0.234 e. The molecule has 2 aromatic carbocycles. The van der Waals surface area contributed by atoms with E-state index in [1.807, 2.05) is 68.6 Å². The number of fused-ring (bicyclic) bond motifs is 2. The lowest BCUT2D eigenvalue weighted by Crippen LogP contribution is -2.39. The number of thiophene rings is 1. The second kappa shape index (κ2) is 11.7. The van der Waals surface area contributed by atoms with Crippen LogP contribution < -0.4 is 0 Å². The molecule has 0 bridgehead atoms. The zero-order valence-corrected chi connectivity index (χ0v) is 24.0. The van der Waals surface area contributed by atoms with E-state index in [1.54, 1.807) is 6.07 Å². The van der Waals surface area contributed by atoms with Crippen molar-refractivity contribution in [3.63, 3.8) is 0 Å². The first-order valence-corrected chi connectivity index (χ1v) is 14.9. The molecule has 4 atom stereocenters. The van der Waals surface area contributed by atoms with Gasteiger partial charge in [0.1, 0.15) is 5.75 Å². The molecule has 2 heterocycles. The standard InChI is InChI=1S/C33H37NO5S/c1-19(2)25-16-26-31(33(39)34(32(26)38)17-22-7-6-14-40-22)27(18-35)30(25)29(37)12-10-20(3)15-21-11-13-28(36)24-9-5-4-8-23(21)24/h4-9,11,13-15,19,26-27,29,31,35-37H,10,12,16-18H2,1-3H3/b20-15+/t26-,27+,29-,31-/m1/s1. The SMILES string of the molecule is C/C(=C\c1ccc(O)c2ccccc12)CC[C@@H](O)C1=C(C(C)C)C[C@H]2C(=O)N(Cc3cccs3)C(=O)[C@H]2[C@H]1CO. The van der Waals surface area contributed by atoms with Crippen LogP contribution in [0.25, 0.3) is 16.8 Å². The Morgan fingerprint density at radius 1 is 1.07 bits per heavy atom. The minimum absolute atomic E-state index is 0.0777. The normalized spacial score (nSPS) is 22.5. The van der Waals surface area contributed by atoms with Crippen LogP contribution in [0.4, 0.5) is 0 Å². The number of aliphatic hydroxyl groups excluding tert-OH is 2. The topological polar surface area (TPSA) is 98.1 Å². The lowest BCUT2D eigenvalue weighted by atomic mass is 9.66. The number of imide groups is 1. The number of aliphatic hydroxyl groups is 2. The predicted octanol–water partition coefficient (Wildman–Crippen LogP) is 5.92. The molecule has 0 unspecified atom stereocenters. The Morgan fingerprint density at radius 3 is 2.50 bits per heavy atom. The van der Waals surface area contributed by atoms with E-state index in [-0.39, 0.29) is 36.6 Å². The van der Waals surface area contributed by atoms with Crippen molar-refractivity contribution < 1.29 is 24.9 Å². The molecule has 1 saturated heterocycles. The number of hydrogen-bond acceptors (Lipinski definition) is 6. The molecular formula is C33H37NO5S. The van der Waals surface area contributed by atoms with Crippen LogP contribution in [0.15, 0.2) is 70.6 Å². The van der Waals surface area contributed by atoms with E-state index < -0.39 is 23.9 Å². The van der Waals surface area contributed by atoms with E-state index >= 15 is 0 Å². The van der Waals surface area contributed by atoms with E-state index in [4.69, 9.17) is 0 Å². The minimum atomic E-state index is -0.829. The Morgan fingerprint density at radius 2 is 1.82 bits per heavy atom. The molecule has 2 amide bonds. The second-order valence-corrected chi connectivity index (χ2v) is 12.4. The third-order valence-electron chi connectivity index (χ3n) is 8.51. The highest BCUT2D eigenvalue weighted by Crippen LogP contribution is 2.48. The molecule has 210 valence electrons. The number of amides is 2. The van der Waals surface area contributed by atoms with Crippen molar-refractivity contribution in [2.24, 2.45) is 23.7 Å². The molecule has 40 heavy (non-hydrogen) atoms. The first kappa shape index (κ1) is 28.3. The van der Waals surface area contributed by atoms with Crippen LogP contribution in [-0.2, 0) is 16.1 Å². The Balaban J connectivity index is 1.38. The summed E-state index contributed by atoms with van der Waals surface area (Å²) in [5, 5.41) is 36.0. The number of likely N-dealkylation sites (tertiary alicyclic amines) is 1. The molecule has 0 radical (unpaired) electrons. The minimum Gasteiger partial charge on any atom is -0.507 e. The van der Waals surface area contributed by atoms with Gasteiger partial charge in [0, 0.05) is 16.2 Å². The fraction of sp³-hybridized carbons (Fsp3) is 0.394. The maximum atomic E-state index is 13.6. The van der Waals surface area contributed by atoms with E-state index in [9.17, 15) is 24.9 Å². The number of benzene rings is 2. The number of carbonyl (C=O) groups excluding carboxylic acids is 2. The van der Waals surface area contributed by atoms with Crippen LogP contribution in [0.2, 0.25) is 0 Å². The number of nitrogens with zero attached hydrogens (tertiary/aromatic N) is 1. The van der Waals surface area contributed by atoms with Crippen molar-refractivity contribution in [2.45, 2.75) is 52.7 Å². The van der Waals surface area contributed by atoms with Crippen molar-refractivity contribution in [1.29, 1.82) is 0 Å². The van der Waals surface area contributed by atoms with Gasteiger partial charge in [-0.3, -0.25) is 14.5 Å². The van der Waals surface area contributed by atoms with Gasteiger partial charge in [-0.05, 0) is 66.1 Å². The third kappa shape index (κ3) is 5.26. The Bertz CT molecular complexity index is 1470. The summed E-state index contributed by atoms with van der Waals surface area (Å²) < 4.78 is 0. The molecule has 0 spiro atoms. The summed E-state index contributed by atoms with van der Waals surface area (Å²) >= 11 is 1.51. The molecule has 1 aliphatic carbocycles. The average molecular weight is 560 g/mol. The first-order chi connectivity index (χ1) is 19.2. The molecule has 0 saturated carbocycles. The van der Waals surface area contributed by atoms with Crippen LogP contribution in [0.5, 0.6) is 5.75 Å². The van der Waals surface area contributed by atoms with E-state index in [0.29, 0.717) is 19.3 Å². The molecule has 1 aliphatic heterocycles. The van der Waals surface area contributed by atoms with Crippen molar-refractivity contribution in [3.05, 3.63) is 81.1 Å². The summed E-state index contributed by atoms with van der Waals surface area (Å²) in [4.78, 5) is 29.3. The Labute approximate surface area is 239 Å². The molecule has 7 heteroatoms. The highest BCUT2D eigenvalue weighted by atomic mass is 32.1. The quantitative estimate of drug-likeness (QED) is 0.223. The van der Waals surface area contributed by atoms with Gasteiger partial charge in [-0.2, -0.15) is 0 Å². The van der Waals surface area contributed by atoms with Crippen LogP contribution in [-0.4, -0.2) is 44.7 Å². The molecule has 3 aromatic rings. The van der Waals surface area contributed by atoms with Gasteiger partial charge in [0.15, 0.2) is 0 Å². The van der Waals surface area contributed by atoms with Crippen LogP contribution in [0.1, 0.15) is 50.5 Å². The fourth-order valence-electron chi connectivity index (χ4n) is 6.51. The predicted molar refractivity (Wildman–Crippen MR) is 158 cm³/mol. The summed E-state index contributed by atoms with van der Waals surface area (Å²) in [6.07, 6.45) is 2.75. The summed E-state index contributed by atoms with van der Waals surface area (Å²) in [5.41, 5.74) is 3.79. The van der Waals surface area contributed by atoms with Gasteiger partial charge < -0.3 is 15.3 Å². The number of phenolic OH excluding ortho intramolecular Hbond substituents is 1. The first-order valence-electron chi connectivity index (χ1n) is 14.0. The summed E-state index contributed by atoms with van der Waals surface area (Å²) in [6, 6.07) is 15.1. The smallest absolute Gasteiger partial charge is 0.234 e. The molecule has 3 N–H and O–H groups in total. The summed E-state index contributed by atoms with van der Waals surface area (Å²) in [5.74, 6) is -1.82. The van der Waals surface area contributed by atoms with Crippen LogP contribution in [0, 0.1) is 23.7 Å². The van der Waals surface area contributed by atoms with E-state index in [1.165, 1.54) is 16.2 Å². The van der Waals surface area contributed by atoms with Crippen molar-refractivity contribution in [3.8, 4) is 5.75 Å². The second-order valence-electron chi connectivity index (χ2n) is 11.4. The lowest BCUT2D eigenvalue weighted by Gasteiger charge is -2.38. The zero-order chi connectivity index (χ0) is 28.6. The zero-order valence-electron chi connectivity index (χ0n) is 23.2. The van der Waals surface area contributed by atoms with Crippen LogP contribution in [0.3, 0.4) is 0 Å². The molecule has 6 nitrogen and oxygen atoms in total. The van der Waals surface area contributed by atoms with Crippen molar-refractivity contribution in [2.75, 3.05) is 6.61 Å². The monoisotopic (exact) mass is 559 g/mol. The van der Waals surface area contributed by atoms with Gasteiger partial charge in [0.2, 0.25) is 11.8 Å². The number of rotatable bonds is 9. The average Bonchev–Trinajstić information content (AvgIpc) is 3.55. The highest BCUT2D eigenvalue weighted by molar-refractivity contribution is 7.09. The van der Waals surface area contributed by atoms with Gasteiger partial charge in [-0.1, -0.05) is 67.5 Å². The molecule has 1 fully saturated rings. The number of hydrogen-bond donors (Lipinski definition) is 3. The largest absolute Gasteiger partial charge is 0.507 e. The number of carbonyl (C=O) groups is 2. The van der Waals surface area contributed by atoms with Gasteiger partial charge in [-0.15, -0.1) is 11.3 Å². The highest BCUT2D eigenvalue weighted by Gasteiger charge is 2.55. The summed E-state index contributed by atoms with van der Waals surface area (Å²) in [6.45, 7) is 6.08. The number of phenols is 1. The maximum absolute atomic E-state index is 13.6. The number of allylic oxidation sites excluding steroid dienone is 2. The lowest BCUT2D eigenvalue weighted by molar-refractivity contribution is -0.140. The Kier molecular flexibility index (Phi) is 8.26. The fourth-order valence-corrected chi connectivity index (χ4v) is 7.21. The Hall–Kier alpha value is -3.26. The van der Waals surface area contributed by atoms with Gasteiger partial charge in [0.05, 0.1) is 31.1 Å². The van der Waals surface area contributed by atoms with Crippen molar-refractivity contribution >= 4 is 40.0 Å². The van der Waals surface area contributed by atoms with Gasteiger partial charge in [0.25, 0.3) is 0 Å².